The summed E-state index contributed by atoms with van der Waals surface area (Å²) in [6.45, 7) is 6.56. The van der Waals surface area contributed by atoms with Gasteiger partial charge in [0.15, 0.2) is 0 Å². The van der Waals surface area contributed by atoms with Crippen LogP contribution in [0.2, 0.25) is 5.02 Å². The summed E-state index contributed by atoms with van der Waals surface area (Å²) in [6.07, 6.45) is 0. The van der Waals surface area contributed by atoms with Gasteiger partial charge in [-0.05, 0) is 54.1 Å². The van der Waals surface area contributed by atoms with E-state index in [0.29, 0.717) is 16.5 Å². The molecule has 1 aromatic rings. The van der Waals surface area contributed by atoms with Crippen LogP contribution >= 0.6 is 27.5 Å². The van der Waals surface area contributed by atoms with Gasteiger partial charge in [0.05, 0.1) is 5.56 Å². The lowest BCUT2D eigenvalue weighted by Gasteiger charge is -2.26. The van der Waals surface area contributed by atoms with Crippen LogP contribution < -0.4 is 0 Å². The molecule has 0 aromatic heterocycles. The van der Waals surface area contributed by atoms with E-state index in [2.05, 4.69) is 34.7 Å². The van der Waals surface area contributed by atoms with E-state index in [1.165, 1.54) is 0 Å². The zero-order valence-electron chi connectivity index (χ0n) is 12.5. The number of likely N-dealkylation sites (N-methyl/N-ethyl adjacent to an activating group) is 1. The van der Waals surface area contributed by atoms with E-state index in [9.17, 15) is 4.79 Å². The van der Waals surface area contributed by atoms with Crippen LogP contribution in [-0.2, 0) is 0 Å². The van der Waals surface area contributed by atoms with Gasteiger partial charge in [0.25, 0.3) is 5.91 Å². The van der Waals surface area contributed by atoms with E-state index >= 15 is 0 Å². The van der Waals surface area contributed by atoms with Crippen LogP contribution in [0.5, 0.6) is 0 Å². The Hall–Kier alpha value is -0.580. The second-order valence-electron chi connectivity index (χ2n) is 5.57. The summed E-state index contributed by atoms with van der Waals surface area (Å²) in [7, 11) is 4.02. The molecular formula is C15H22BrClN2O. The minimum atomic E-state index is 0.0455. The van der Waals surface area contributed by atoms with Crippen molar-refractivity contribution in [1.29, 1.82) is 0 Å². The number of hydrogen-bond acceptors (Lipinski definition) is 2. The molecule has 1 aromatic carbocycles. The minimum absolute atomic E-state index is 0.0455. The molecule has 1 rings (SSSR count). The van der Waals surface area contributed by atoms with Crippen LogP contribution in [-0.4, -0.2) is 49.4 Å². The number of benzene rings is 1. The fraction of sp³-hybridized carbons (Fsp3) is 0.533. The van der Waals surface area contributed by atoms with Crippen molar-refractivity contribution >= 4 is 33.4 Å². The van der Waals surface area contributed by atoms with E-state index in [1.807, 2.05) is 19.0 Å². The molecule has 0 radical (unpaired) electrons. The van der Waals surface area contributed by atoms with Crippen molar-refractivity contribution in [3.05, 3.63) is 33.3 Å². The van der Waals surface area contributed by atoms with Crippen molar-refractivity contribution in [2.75, 3.05) is 33.7 Å². The fourth-order valence-electron chi connectivity index (χ4n) is 1.87. The van der Waals surface area contributed by atoms with Gasteiger partial charge >= 0.3 is 0 Å². The second kappa shape index (κ2) is 8.01. The van der Waals surface area contributed by atoms with Crippen molar-refractivity contribution in [3.8, 4) is 0 Å². The average Bonchev–Trinajstić information content (AvgIpc) is 2.33. The van der Waals surface area contributed by atoms with E-state index in [0.717, 1.165) is 24.1 Å². The van der Waals surface area contributed by atoms with Gasteiger partial charge in [0.2, 0.25) is 0 Å². The molecule has 0 aliphatic rings. The van der Waals surface area contributed by atoms with Crippen LogP contribution in [0.4, 0.5) is 0 Å². The Morgan fingerprint density at radius 3 is 2.45 bits per heavy atom. The molecule has 112 valence electrons. The van der Waals surface area contributed by atoms with Crippen LogP contribution in [0.25, 0.3) is 0 Å². The molecule has 5 heteroatoms. The maximum atomic E-state index is 12.7. The van der Waals surface area contributed by atoms with Gasteiger partial charge in [-0.25, -0.2) is 0 Å². The Balaban J connectivity index is 2.90. The number of hydrogen-bond donors (Lipinski definition) is 0. The number of nitrogens with zero attached hydrogens (tertiary/aromatic N) is 2. The van der Waals surface area contributed by atoms with Crippen molar-refractivity contribution in [1.82, 2.24) is 9.80 Å². The predicted molar refractivity (Wildman–Crippen MR) is 88.4 cm³/mol. The summed E-state index contributed by atoms with van der Waals surface area (Å²) < 4.78 is 0.744. The van der Waals surface area contributed by atoms with E-state index in [4.69, 9.17) is 11.6 Å². The molecule has 0 N–H and O–H groups in total. The zero-order chi connectivity index (χ0) is 15.3. The first kappa shape index (κ1) is 17.5. The normalized spacial score (nSPS) is 11.2. The Bertz CT molecular complexity index is 463. The third kappa shape index (κ3) is 5.43. The smallest absolute Gasteiger partial charge is 0.255 e. The Labute approximate surface area is 135 Å². The molecular weight excluding hydrogens is 340 g/mol. The molecule has 0 fully saturated rings. The van der Waals surface area contributed by atoms with Gasteiger partial charge in [0.1, 0.15) is 0 Å². The maximum Gasteiger partial charge on any atom is 0.255 e. The topological polar surface area (TPSA) is 23.6 Å². The molecule has 0 unspecified atom stereocenters. The van der Waals surface area contributed by atoms with Gasteiger partial charge in [-0.1, -0.05) is 25.4 Å². The van der Waals surface area contributed by atoms with Crippen molar-refractivity contribution < 1.29 is 4.79 Å². The van der Waals surface area contributed by atoms with E-state index in [-0.39, 0.29) is 5.91 Å². The van der Waals surface area contributed by atoms with Crippen molar-refractivity contribution in [2.24, 2.45) is 5.92 Å². The van der Waals surface area contributed by atoms with Gasteiger partial charge < -0.3 is 9.80 Å². The number of rotatable bonds is 6. The molecule has 0 bridgehead atoms. The lowest BCUT2D eigenvalue weighted by Crippen LogP contribution is -2.39. The molecule has 20 heavy (non-hydrogen) atoms. The molecule has 0 saturated heterocycles. The highest BCUT2D eigenvalue weighted by Gasteiger charge is 2.19. The summed E-state index contributed by atoms with van der Waals surface area (Å²) >= 11 is 9.35. The maximum absolute atomic E-state index is 12.7. The van der Waals surface area contributed by atoms with Crippen molar-refractivity contribution in [2.45, 2.75) is 13.8 Å². The highest BCUT2D eigenvalue weighted by Crippen LogP contribution is 2.23. The van der Waals surface area contributed by atoms with Crippen LogP contribution in [0.15, 0.2) is 22.7 Å². The third-order valence-electron chi connectivity index (χ3n) is 2.85. The first-order chi connectivity index (χ1) is 9.31. The Kier molecular flexibility index (Phi) is 7.00. The van der Waals surface area contributed by atoms with Crippen LogP contribution in [0, 0.1) is 5.92 Å². The lowest BCUT2D eigenvalue weighted by atomic mass is 10.1. The standard InChI is InChI=1S/C15H22BrClN2O/c1-11(2)10-19(8-7-18(3)4)15(20)13-6-5-12(17)9-14(13)16/h5-6,9,11H,7-8,10H2,1-4H3. The summed E-state index contributed by atoms with van der Waals surface area (Å²) in [4.78, 5) is 16.6. The van der Waals surface area contributed by atoms with E-state index < -0.39 is 0 Å². The molecule has 3 nitrogen and oxygen atoms in total. The number of halogens is 2. The predicted octanol–water partition coefficient (Wildman–Crippen LogP) is 3.76. The fourth-order valence-corrected chi connectivity index (χ4v) is 2.72. The number of carbonyl (C=O) groups is 1. The quantitative estimate of drug-likeness (QED) is 0.770. The first-order valence-electron chi connectivity index (χ1n) is 6.70. The largest absolute Gasteiger partial charge is 0.337 e. The Morgan fingerprint density at radius 1 is 1.30 bits per heavy atom. The van der Waals surface area contributed by atoms with Gasteiger partial charge in [-0.3, -0.25) is 4.79 Å². The minimum Gasteiger partial charge on any atom is -0.337 e. The van der Waals surface area contributed by atoms with Gasteiger partial charge in [-0.2, -0.15) is 0 Å². The molecule has 0 spiro atoms. The molecule has 0 aliphatic carbocycles. The van der Waals surface area contributed by atoms with E-state index in [1.54, 1.807) is 18.2 Å². The van der Waals surface area contributed by atoms with Gasteiger partial charge in [-0.15, -0.1) is 0 Å². The van der Waals surface area contributed by atoms with Crippen LogP contribution in [0.1, 0.15) is 24.2 Å². The summed E-state index contributed by atoms with van der Waals surface area (Å²) in [5, 5.41) is 0.622. The molecule has 0 heterocycles. The highest BCUT2D eigenvalue weighted by molar-refractivity contribution is 9.10. The summed E-state index contributed by atoms with van der Waals surface area (Å²) in [6, 6.07) is 5.28. The summed E-state index contributed by atoms with van der Waals surface area (Å²) in [5.74, 6) is 0.483. The SMILES string of the molecule is CC(C)CN(CCN(C)C)C(=O)c1ccc(Cl)cc1Br. The molecule has 0 saturated carbocycles. The zero-order valence-corrected chi connectivity index (χ0v) is 14.8. The molecule has 0 aliphatic heterocycles. The van der Waals surface area contributed by atoms with Crippen molar-refractivity contribution in [3.63, 3.8) is 0 Å². The summed E-state index contributed by atoms with van der Waals surface area (Å²) in [5.41, 5.74) is 0.661. The second-order valence-corrected chi connectivity index (χ2v) is 6.86. The number of carbonyl (C=O) groups excluding carboxylic acids is 1. The van der Waals surface area contributed by atoms with Crippen LogP contribution in [0.3, 0.4) is 0 Å². The average molecular weight is 362 g/mol. The molecule has 1 amide bonds. The monoisotopic (exact) mass is 360 g/mol. The highest BCUT2D eigenvalue weighted by atomic mass is 79.9. The molecule has 0 atom stereocenters. The third-order valence-corrected chi connectivity index (χ3v) is 3.74. The Morgan fingerprint density at radius 2 is 1.95 bits per heavy atom. The first-order valence-corrected chi connectivity index (χ1v) is 7.87. The van der Waals surface area contributed by atoms with Gasteiger partial charge in [0, 0.05) is 29.1 Å². The number of amides is 1. The lowest BCUT2D eigenvalue weighted by molar-refractivity contribution is 0.0724.